The highest BCUT2D eigenvalue weighted by molar-refractivity contribution is 6.31. The van der Waals surface area contributed by atoms with Crippen LogP contribution < -0.4 is 5.32 Å². The van der Waals surface area contributed by atoms with Gasteiger partial charge in [0.25, 0.3) is 0 Å². The van der Waals surface area contributed by atoms with Crippen LogP contribution in [-0.4, -0.2) is 4.98 Å². The molecule has 1 aromatic heterocycles. The quantitative estimate of drug-likeness (QED) is 0.708. The van der Waals surface area contributed by atoms with Gasteiger partial charge in [-0.3, -0.25) is 0 Å². The Morgan fingerprint density at radius 3 is 2.68 bits per heavy atom. The summed E-state index contributed by atoms with van der Waals surface area (Å²) in [5, 5.41) is 6.34. The third-order valence-electron chi connectivity index (χ3n) is 3.11. The first kappa shape index (κ1) is 12.0. The third kappa shape index (κ3) is 2.54. The normalized spacial score (nSPS) is 10.6. The zero-order valence-corrected chi connectivity index (χ0v) is 11.1. The monoisotopic (exact) mass is 268 g/mol. The molecule has 2 aromatic carbocycles. The molecule has 0 aliphatic heterocycles. The van der Waals surface area contributed by atoms with Crippen molar-refractivity contribution >= 4 is 28.1 Å². The van der Waals surface area contributed by atoms with E-state index in [0.29, 0.717) is 5.15 Å². The Labute approximate surface area is 117 Å². The van der Waals surface area contributed by atoms with Gasteiger partial charge < -0.3 is 5.32 Å². The molecule has 3 rings (SSSR count). The van der Waals surface area contributed by atoms with Crippen molar-refractivity contribution < 1.29 is 0 Å². The number of hydrogen-bond donors (Lipinski definition) is 1. The van der Waals surface area contributed by atoms with Crippen LogP contribution in [0.1, 0.15) is 5.56 Å². The van der Waals surface area contributed by atoms with Crippen LogP contribution in [0.3, 0.4) is 0 Å². The molecule has 2 nitrogen and oxygen atoms in total. The molecule has 0 saturated carbocycles. The average molecular weight is 269 g/mol. The number of nitrogens with one attached hydrogen (secondary N) is 1. The molecule has 3 heteroatoms. The SMILES string of the molecule is Clc1ncccc1NCc1cccc2ccccc12. The predicted molar refractivity (Wildman–Crippen MR) is 80.5 cm³/mol. The van der Waals surface area contributed by atoms with Gasteiger partial charge in [0.05, 0.1) is 5.69 Å². The fraction of sp³-hybridized carbons (Fsp3) is 0.0625. The molecule has 1 heterocycles. The largest absolute Gasteiger partial charge is 0.378 e. The minimum Gasteiger partial charge on any atom is -0.378 e. The van der Waals surface area contributed by atoms with E-state index in [9.17, 15) is 0 Å². The number of aromatic nitrogens is 1. The first-order chi connectivity index (χ1) is 9.34. The standard InChI is InChI=1S/C16H13ClN2/c17-16-15(9-4-10-18-16)19-11-13-7-3-6-12-5-1-2-8-14(12)13/h1-10,19H,11H2. The Hall–Kier alpha value is -2.06. The van der Waals surface area contributed by atoms with E-state index in [1.54, 1.807) is 6.20 Å². The molecule has 0 saturated heterocycles. The van der Waals surface area contributed by atoms with Crippen LogP contribution in [0.25, 0.3) is 10.8 Å². The Bertz CT molecular complexity index is 704. The van der Waals surface area contributed by atoms with Gasteiger partial charge in [0, 0.05) is 12.7 Å². The minimum absolute atomic E-state index is 0.503. The number of fused-ring (bicyclic) bond motifs is 1. The highest BCUT2D eigenvalue weighted by atomic mass is 35.5. The van der Waals surface area contributed by atoms with Crippen molar-refractivity contribution in [1.29, 1.82) is 0 Å². The molecule has 0 atom stereocenters. The molecule has 0 fully saturated rings. The smallest absolute Gasteiger partial charge is 0.152 e. The Morgan fingerprint density at radius 1 is 0.947 bits per heavy atom. The summed E-state index contributed by atoms with van der Waals surface area (Å²) in [5.41, 5.74) is 2.11. The first-order valence-electron chi connectivity index (χ1n) is 6.15. The molecular weight excluding hydrogens is 256 g/mol. The van der Waals surface area contributed by atoms with E-state index >= 15 is 0 Å². The number of anilines is 1. The maximum absolute atomic E-state index is 6.04. The number of halogens is 1. The van der Waals surface area contributed by atoms with E-state index in [4.69, 9.17) is 11.6 Å². The molecule has 0 unspecified atom stereocenters. The molecule has 94 valence electrons. The van der Waals surface area contributed by atoms with Crippen LogP contribution in [0.4, 0.5) is 5.69 Å². The summed E-state index contributed by atoms with van der Waals surface area (Å²) in [6, 6.07) is 18.5. The van der Waals surface area contributed by atoms with Gasteiger partial charge >= 0.3 is 0 Å². The topological polar surface area (TPSA) is 24.9 Å². The molecular formula is C16H13ClN2. The van der Waals surface area contributed by atoms with Crippen LogP contribution in [0.15, 0.2) is 60.8 Å². The number of hydrogen-bond acceptors (Lipinski definition) is 2. The summed E-state index contributed by atoms with van der Waals surface area (Å²) < 4.78 is 0. The lowest BCUT2D eigenvalue weighted by Gasteiger charge is -2.10. The van der Waals surface area contributed by atoms with E-state index in [0.717, 1.165) is 12.2 Å². The molecule has 3 aromatic rings. The Balaban J connectivity index is 1.88. The maximum atomic E-state index is 6.04. The second kappa shape index (κ2) is 5.29. The van der Waals surface area contributed by atoms with Crippen molar-refractivity contribution in [2.75, 3.05) is 5.32 Å². The zero-order valence-electron chi connectivity index (χ0n) is 10.3. The molecule has 19 heavy (non-hydrogen) atoms. The van der Waals surface area contributed by atoms with Crippen LogP contribution in [0, 0.1) is 0 Å². The van der Waals surface area contributed by atoms with Gasteiger partial charge in [0.1, 0.15) is 0 Å². The van der Waals surface area contributed by atoms with E-state index in [1.807, 2.05) is 12.1 Å². The molecule has 0 spiro atoms. The fourth-order valence-electron chi connectivity index (χ4n) is 2.15. The maximum Gasteiger partial charge on any atom is 0.152 e. The third-order valence-corrected chi connectivity index (χ3v) is 3.41. The van der Waals surface area contributed by atoms with Crippen molar-refractivity contribution in [2.24, 2.45) is 0 Å². The molecule has 0 aliphatic rings. The van der Waals surface area contributed by atoms with Crippen LogP contribution >= 0.6 is 11.6 Å². The molecule has 0 radical (unpaired) electrons. The predicted octanol–water partition coefficient (Wildman–Crippen LogP) is 4.50. The van der Waals surface area contributed by atoms with Crippen molar-refractivity contribution in [2.45, 2.75) is 6.54 Å². The average Bonchev–Trinajstić information content (AvgIpc) is 2.46. The Kier molecular flexibility index (Phi) is 3.34. The number of rotatable bonds is 3. The summed E-state index contributed by atoms with van der Waals surface area (Å²) in [6.07, 6.45) is 1.69. The molecule has 0 bridgehead atoms. The highest BCUT2D eigenvalue weighted by Gasteiger charge is 2.02. The van der Waals surface area contributed by atoms with Crippen molar-refractivity contribution in [3.8, 4) is 0 Å². The van der Waals surface area contributed by atoms with Gasteiger partial charge in [0.2, 0.25) is 0 Å². The van der Waals surface area contributed by atoms with Gasteiger partial charge in [-0.1, -0.05) is 54.1 Å². The second-order valence-electron chi connectivity index (χ2n) is 4.33. The molecule has 1 N–H and O–H groups in total. The van der Waals surface area contributed by atoms with Gasteiger partial charge in [-0.05, 0) is 28.5 Å². The lowest BCUT2D eigenvalue weighted by atomic mass is 10.0. The molecule has 0 aliphatic carbocycles. The Morgan fingerprint density at radius 2 is 1.79 bits per heavy atom. The van der Waals surface area contributed by atoms with Crippen LogP contribution in [0.2, 0.25) is 5.15 Å². The highest BCUT2D eigenvalue weighted by Crippen LogP contribution is 2.22. The summed E-state index contributed by atoms with van der Waals surface area (Å²) >= 11 is 6.04. The van der Waals surface area contributed by atoms with E-state index < -0.39 is 0 Å². The van der Waals surface area contributed by atoms with Crippen molar-refractivity contribution in [3.05, 3.63) is 71.5 Å². The lowest BCUT2D eigenvalue weighted by molar-refractivity contribution is 1.15. The van der Waals surface area contributed by atoms with Crippen LogP contribution in [-0.2, 0) is 6.54 Å². The van der Waals surface area contributed by atoms with Gasteiger partial charge in [-0.2, -0.15) is 0 Å². The second-order valence-corrected chi connectivity index (χ2v) is 4.69. The van der Waals surface area contributed by atoms with E-state index in [2.05, 4.69) is 52.8 Å². The van der Waals surface area contributed by atoms with E-state index in [1.165, 1.54) is 16.3 Å². The number of benzene rings is 2. The molecule has 0 amide bonds. The van der Waals surface area contributed by atoms with Gasteiger partial charge in [0.15, 0.2) is 5.15 Å². The summed E-state index contributed by atoms with van der Waals surface area (Å²) in [5.74, 6) is 0. The van der Waals surface area contributed by atoms with Crippen molar-refractivity contribution in [1.82, 2.24) is 4.98 Å². The zero-order chi connectivity index (χ0) is 13.1. The lowest BCUT2D eigenvalue weighted by Crippen LogP contribution is -2.01. The summed E-state index contributed by atoms with van der Waals surface area (Å²) in [6.45, 7) is 0.729. The van der Waals surface area contributed by atoms with Crippen molar-refractivity contribution in [3.63, 3.8) is 0 Å². The number of pyridine rings is 1. The van der Waals surface area contributed by atoms with E-state index in [-0.39, 0.29) is 0 Å². The van der Waals surface area contributed by atoms with Gasteiger partial charge in [-0.25, -0.2) is 4.98 Å². The first-order valence-corrected chi connectivity index (χ1v) is 6.53. The number of nitrogens with zero attached hydrogens (tertiary/aromatic N) is 1. The van der Waals surface area contributed by atoms with Gasteiger partial charge in [-0.15, -0.1) is 0 Å². The fourth-order valence-corrected chi connectivity index (χ4v) is 2.34. The minimum atomic E-state index is 0.503. The summed E-state index contributed by atoms with van der Waals surface area (Å²) in [7, 11) is 0. The van der Waals surface area contributed by atoms with Crippen LogP contribution in [0.5, 0.6) is 0 Å². The summed E-state index contributed by atoms with van der Waals surface area (Å²) in [4.78, 5) is 4.06.